The van der Waals surface area contributed by atoms with Gasteiger partial charge >= 0.3 is 0 Å². The minimum absolute atomic E-state index is 0.640. The first-order valence-corrected chi connectivity index (χ1v) is 8.23. The van der Waals surface area contributed by atoms with E-state index in [1.165, 1.54) is 0 Å². The molecule has 1 atom stereocenters. The number of aliphatic hydroxyl groups excluding tert-OH is 1. The molecule has 4 rings (SSSR count). The van der Waals surface area contributed by atoms with Gasteiger partial charge in [-0.25, -0.2) is 4.98 Å². The van der Waals surface area contributed by atoms with Crippen LogP contribution in [0.4, 0.5) is 0 Å². The van der Waals surface area contributed by atoms with E-state index in [1.54, 1.807) is 17.5 Å². The van der Waals surface area contributed by atoms with Crippen molar-refractivity contribution in [2.24, 2.45) is 0 Å². The van der Waals surface area contributed by atoms with Crippen LogP contribution in [0.15, 0.2) is 72.2 Å². The largest absolute Gasteiger partial charge is 0.382 e. The van der Waals surface area contributed by atoms with Crippen molar-refractivity contribution in [1.29, 1.82) is 0 Å². The smallest absolute Gasteiger partial charge is 0.122 e. The second-order valence-electron chi connectivity index (χ2n) is 5.25. The van der Waals surface area contributed by atoms with Gasteiger partial charge in [-0.1, -0.05) is 30.3 Å². The van der Waals surface area contributed by atoms with Crippen molar-refractivity contribution in [1.82, 2.24) is 9.97 Å². The van der Waals surface area contributed by atoms with E-state index in [-0.39, 0.29) is 0 Å². The van der Waals surface area contributed by atoms with E-state index < -0.39 is 6.10 Å². The molecule has 1 unspecified atom stereocenters. The predicted octanol–water partition coefficient (Wildman–Crippen LogP) is 4.44. The Labute approximate surface area is 137 Å². The van der Waals surface area contributed by atoms with Gasteiger partial charge in [-0.3, -0.25) is 4.98 Å². The molecular weight excluding hydrogens is 304 g/mol. The number of para-hydroxylation sites is 1. The van der Waals surface area contributed by atoms with Crippen LogP contribution in [0.25, 0.3) is 21.5 Å². The molecule has 0 saturated carbocycles. The van der Waals surface area contributed by atoms with Gasteiger partial charge in [-0.05, 0) is 41.3 Å². The maximum absolute atomic E-state index is 10.8. The molecule has 112 valence electrons. The van der Waals surface area contributed by atoms with Gasteiger partial charge in [0.2, 0.25) is 0 Å². The maximum Gasteiger partial charge on any atom is 0.122 e. The van der Waals surface area contributed by atoms with Crippen molar-refractivity contribution in [3.05, 3.63) is 83.5 Å². The van der Waals surface area contributed by atoms with E-state index in [2.05, 4.69) is 4.98 Å². The van der Waals surface area contributed by atoms with Gasteiger partial charge < -0.3 is 5.11 Å². The molecule has 0 aliphatic carbocycles. The van der Waals surface area contributed by atoms with Crippen LogP contribution < -0.4 is 0 Å². The average Bonchev–Trinajstić information content (AvgIpc) is 3.15. The van der Waals surface area contributed by atoms with Crippen LogP contribution in [0.3, 0.4) is 0 Å². The molecule has 0 amide bonds. The molecule has 0 saturated heterocycles. The highest BCUT2D eigenvalue weighted by Gasteiger charge is 2.17. The van der Waals surface area contributed by atoms with E-state index in [0.29, 0.717) is 5.69 Å². The maximum atomic E-state index is 10.8. The zero-order chi connectivity index (χ0) is 15.6. The van der Waals surface area contributed by atoms with E-state index in [0.717, 1.165) is 27.0 Å². The van der Waals surface area contributed by atoms with Crippen molar-refractivity contribution in [3.8, 4) is 10.6 Å². The van der Waals surface area contributed by atoms with Crippen LogP contribution in [0.2, 0.25) is 0 Å². The second-order valence-corrected chi connectivity index (χ2v) is 6.20. The predicted molar refractivity (Wildman–Crippen MR) is 93.4 cm³/mol. The quantitative estimate of drug-likeness (QED) is 0.607. The number of hydrogen-bond acceptors (Lipinski definition) is 4. The van der Waals surface area contributed by atoms with Crippen LogP contribution >= 0.6 is 11.3 Å². The molecule has 0 spiro atoms. The third-order valence-electron chi connectivity index (χ3n) is 3.78. The van der Waals surface area contributed by atoms with Crippen LogP contribution in [-0.4, -0.2) is 15.1 Å². The van der Waals surface area contributed by atoms with Crippen molar-refractivity contribution < 1.29 is 5.11 Å². The van der Waals surface area contributed by atoms with Crippen molar-refractivity contribution in [3.63, 3.8) is 0 Å². The molecular formula is C19H14N2OS. The zero-order valence-electron chi connectivity index (χ0n) is 12.3. The fourth-order valence-corrected chi connectivity index (χ4v) is 3.36. The Kier molecular flexibility index (Phi) is 3.61. The number of nitrogens with zero attached hydrogens (tertiary/aromatic N) is 2. The molecule has 23 heavy (non-hydrogen) atoms. The number of benzene rings is 1. The summed E-state index contributed by atoms with van der Waals surface area (Å²) in [5, 5.41) is 13.8. The number of aromatic nitrogens is 2. The minimum atomic E-state index is -0.775. The number of thiophene rings is 1. The normalized spacial score (nSPS) is 12.4. The van der Waals surface area contributed by atoms with Gasteiger partial charge in [0, 0.05) is 11.6 Å². The Hall–Kier alpha value is -2.56. The molecule has 3 nitrogen and oxygen atoms in total. The first kappa shape index (κ1) is 14.1. The first-order chi connectivity index (χ1) is 11.3. The molecule has 3 aromatic heterocycles. The summed E-state index contributed by atoms with van der Waals surface area (Å²) in [5.41, 5.74) is 3.23. The topological polar surface area (TPSA) is 46.0 Å². The van der Waals surface area contributed by atoms with Gasteiger partial charge in [-0.15, -0.1) is 11.3 Å². The van der Waals surface area contributed by atoms with E-state index >= 15 is 0 Å². The Bertz CT molecular complexity index is 936. The molecule has 0 aliphatic rings. The Morgan fingerprint density at radius 2 is 1.83 bits per heavy atom. The second kappa shape index (κ2) is 5.91. The van der Waals surface area contributed by atoms with Crippen LogP contribution in [-0.2, 0) is 0 Å². The molecule has 1 aromatic carbocycles. The summed E-state index contributed by atoms with van der Waals surface area (Å²) < 4.78 is 0. The monoisotopic (exact) mass is 318 g/mol. The SMILES string of the molecule is OC(c1ccccn1)c1cc(-c2cccs2)nc2ccccc12. The highest BCUT2D eigenvalue weighted by atomic mass is 32.1. The molecule has 4 heteroatoms. The van der Waals surface area contributed by atoms with Crippen molar-refractivity contribution in [2.45, 2.75) is 6.10 Å². The van der Waals surface area contributed by atoms with Gasteiger partial charge in [0.15, 0.2) is 0 Å². The number of rotatable bonds is 3. The Balaban J connectivity index is 1.94. The molecule has 0 radical (unpaired) electrons. The molecule has 0 fully saturated rings. The van der Waals surface area contributed by atoms with Gasteiger partial charge in [0.1, 0.15) is 6.10 Å². The van der Waals surface area contributed by atoms with Gasteiger partial charge in [0.05, 0.1) is 21.8 Å². The lowest BCUT2D eigenvalue weighted by atomic mass is 10.00. The standard InChI is InChI=1S/C19H14N2OS/c22-19(16-8-3-4-10-20-16)14-12-17(18-9-5-11-23-18)21-15-7-2-1-6-13(14)15/h1-12,19,22H. The summed E-state index contributed by atoms with van der Waals surface area (Å²) in [6.45, 7) is 0. The molecule has 3 heterocycles. The Morgan fingerprint density at radius 3 is 2.61 bits per heavy atom. The van der Waals surface area contributed by atoms with Crippen molar-refractivity contribution in [2.75, 3.05) is 0 Å². The number of hydrogen-bond donors (Lipinski definition) is 1. The summed E-state index contributed by atoms with van der Waals surface area (Å²) in [6, 6.07) is 19.5. The first-order valence-electron chi connectivity index (χ1n) is 7.35. The fourth-order valence-electron chi connectivity index (χ4n) is 2.68. The van der Waals surface area contributed by atoms with Crippen LogP contribution in [0.1, 0.15) is 17.4 Å². The third-order valence-corrected chi connectivity index (χ3v) is 4.68. The highest BCUT2D eigenvalue weighted by molar-refractivity contribution is 7.13. The van der Waals surface area contributed by atoms with Crippen LogP contribution in [0.5, 0.6) is 0 Å². The lowest BCUT2D eigenvalue weighted by Gasteiger charge is -2.14. The lowest BCUT2D eigenvalue weighted by Crippen LogP contribution is -2.04. The third kappa shape index (κ3) is 2.63. The molecule has 0 aliphatic heterocycles. The summed E-state index contributed by atoms with van der Waals surface area (Å²) in [4.78, 5) is 10.1. The van der Waals surface area contributed by atoms with E-state index in [1.807, 2.05) is 66.0 Å². The number of pyridine rings is 2. The molecule has 1 N–H and O–H groups in total. The summed E-state index contributed by atoms with van der Waals surface area (Å²) >= 11 is 1.64. The number of fused-ring (bicyclic) bond motifs is 1. The van der Waals surface area contributed by atoms with Crippen LogP contribution in [0, 0.1) is 0 Å². The van der Waals surface area contributed by atoms with Gasteiger partial charge in [-0.2, -0.15) is 0 Å². The Morgan fingerprint density at radius 1 is 0.957 bits per heavy atom. The summed E-state index contributed by atoms with van der Waals surface area (Å²) in [6.07, 6.45) is 0.921. The summed E-state index contributed by atoms with van der Waals surface area (Å²) in [5.74, 6) is 0. The minimum Gasteiger partial charge on any atom is -0.382 e. The van der Waals surface area contributed by atoms with Crippen molar-refractivity contribution >= 4 is 22.2 Å². The molecule has 0 bridgehead atoms. The van der Waals surface area contributed by atoms with E-state index in [4.69, 9.17) is 4.98 Å². The fraction of sp³-hybridized carbons (Fsp3) is 0.0526. The lowest BCUT2D eigenvalue weighted by molar-refractivity contribution is 0.217. The van der Waals surface area contributed by atoms with Gasteiger partial charge in [0.25, 0.3) is 0 Å². The average molecular weight is 318 g/mol. The molecule has 4 aromatic rings. The summed E-state index contributed by atoms with van der Waals surface area (Å²) in [7, 11) is 0. The number of aliphatic hydroxyl groups is 1. The van der Waals surface area contributed by atoms with E-state index in [9.17, 15) is 5.11 Å². The zero-order valence-corrected chi connectivity index (χ0v) is 13.1. The highest BCUT2D eigenvalue weighted by Crippen LogP contribution is 2.32.